The maximum absolute atomic E-state index is 11.0. The molecule has 2 fully saturated rings. The highest BCUT2D eigenvalue weighted by Crippen LogP contribution is 2.36. The second-order valence-corrected chi connectivity index (χ2v) is 3.60. The van der Waals surface area contributed by atoms with E-state index >= 15 is 0 Å². The van der Waals surface area contributed by atoms with Crippen molar-refractivity contribution in [3.63, 3.8) is 0 Å². The zero-order chi connectivity index (χ0) is 9.26. The van der Waals surface area contributed by atoms with Gasteiger partial charge in [-0.1, -0.05) is 5.11 Å². The Labute approximate surface area is 75.7 Å². The van der Waals surface area contributed by atoms with Crippen molar-refractivity contribution in [1.82, 2.24) is 0 Å². The monoisotopic (exact) mass is 181 g/mol. The molecule has 5 heteroatoms. The number of carbonyl (C=O) groups excluding carboxylic acids is 1. The minimum absolute atomic E-state index is 0.0109. The molecule has 0 aromatic carbocycles. The largest absolute Gasteiger partial charge is 0.462 e. The quantitative estimate of drug-likeness (QED) is 0.267. The fourth-order valence-electron chi connectivity index (χ4n) is 2.24. The van der Waals surface area contributed by atoms with E-state index in [0.29, 0.717) is 6.42 Å². The molecule has 13 heavy (non-hydrogen) atoms. The lowest BCUT2D eigenvalue weighted by Crippen LogP contribution is -2.31. The number of nitrogens with zero attached hydrogens (tertiary/aromatic N) is 3. The number of hydrogen-bond donors (Lipinski definition) is 0. The molecule has 1 aliphatic carbocycles. The van der Waals surface area contributed by atoms with Gasteiger partial charge in [0.1, 0.15) is 6.10 Å². The van der Waals surface area contributed by atoms with Crippen molar-refractivity contribution in [3.8, 4) is 0 Å². The van der Waals surface area contributed by atoms with Gasteiger partial charge in [0, 0.05) is 16.9 Å². The number of rotatable bonds is 1. The summed E-state index contributed by atoms with van der Waals surface area (Å²) in [4.78, 5) is 13.8. The average molecular weight is 181 g/mol. The topological polar surface area (TPSA) is 75.1 Å². The summed E-state index contributed by atoms with van der Waals surface area (Å²) in [6.07, 6.45) is 3.24. The van der Waals surface area contributed by atoms with E-state index in [1.807, 2.05) is 0 Å². The molecule has 1 heterocycles. The molecule has 0 unspecified atom stereocenters. The zero-order valence-corrected chi connectivity index (χ0v) is 7.22. The first-order chi connectivity index (χ1) is 6.31. The van der Waals surface area contributed by atoms with E-state index in [-0.39, 0.29) is 24.0 Å². The predicted molar refractivity (Wildman–Crippen MR) is 44.8 cm³/mol. The van der Waals surface area contributed by atoms with Gasteiger partial charge < -0.3 is 4.74 Å². The van der Waals surface area contributed by atoms with Crippen molar-refractivity contribution in [1.29, 1.82) is 0 Å². The van der Waals surface area contributed by atoms with Crippen LogP contribution in [0.1, 0.15) is 25.7 Å². The van der Waals surface area contributed by atoms with Crippen molar-refractivity contribution in [2.75, 3.05) is 0 Å². The molecule has 1 saturated carbocycles. The lowest BCUT2D eigenvalue weighted by atomic mass is 9.82. The minimum Gasteiger partial charge on any atom is -0.462 e. The van der Waals surface area contributed by atoms with Crippen molar-refractivity contribution >= 4 is 5.97 Å². The molecular formula is C8H11N3O2. The molecule has 2 rings (SSSR count). The number of azide groups is 1. The van der Waals surface area contributed by atoms with Gasteiger partial charge in [0.15, 0.2) is 0 Å². The van der Waals surface area contributed by atoms with Gasteiger partial charge in [-0.15, -0.1) is 0 Å². The number of esters is 1. The van der Waals surface area contributed by atoms with E-state index in [1.54, 1.807) is 0 Å². The smallest absolute Gasteiger partial charge is 0.306 e. The van der Waals surface area contributed by atoms with E-state index in [4.69, 9.17) is 10.3 Å². The summed E-state index contributed by atoms with van der Waals surface area (Å²) in [6.45, 7) is 0. The number of hydrogen-bond acceptors (Lipinski definition) is 3. The van der Waals surface area contributed by atoms with Crippen LogP contribution in [0.5, 0.6) is 0 Å². The number of carbonyl (C=O) groups is 1. The van der Waals surface area contributed by atoms with Crippen LogP contribution in [0.25, 0.3) is 10.4 Å². The summed E-state index contributed by atoms with van der Waals surface area (Å²) >= 11 is 0. The Morgan fingerprint density at radius 2 is 2.38 bits per heavy atom. The standard InChI is InChI=1S/C8H11N3O2/c9-11-10-6-2-1-3-7-5(6)4-8(12)13-7/h5-7H,1-4H2/t5-,6-,7+/m1/s1. The zero-order valence-electron chi connectivity index (χ0n) is 7.22. The Balaban J connectivity index is 2.13. The van der Waals surface area contributed by atoms with E-state index in [9.17, 15) is 4.79 Å². The highest BCUT2D eigenvalue weighted by atomic mass is 16.5. The van der Waals surface area contributed by atoms with Gasteiger partial charge >= 0.3 is 5.97 Å². The van der Waals surface area contributed by atoms with Crippen LogP contribution in [0, 0.1) is 5.92 Å². The molecule has 0 aromatic heterocycles. The third kappa shape index (κ3) is 1.47. The normalized spacial score (nSPS) is 37.5. The van der Waals surface area contributed by atoms with Crippen LogP contribution < -0.4 is 0 Å². The van der Waals surface area contributed by atoms with Crippen LogP contribution in [-0.4, -0.2) is 18.1 Å². The van der Waals surface area contributed by atoms with Gasteiger partial charge in [-0.05, 0) is 24.8 Å². The Hall–Kier alpha value is -1.22. The first kappa shape index (κ1) is 8.38. The average Bonchev–Trinajstić information content (AvgIpc) is 2.47. The second-order valence-electron chi connectivity index (χ2n) is 3.60. The van der Waals surface area contributed by atoms with Crippen LogP contribution in [0.3, 0.4) is 0 Å². The van der Waals surface area contributed by atoms with Crippen LogP contribution in [0.15, 0.2) is 5.11 Å². The molecule has 0 aromatic rings. The Kier molecular flexibility index (Phi) is 2.10. The fourth-order valence-corrected chi connectivity index (χ4v) is 2.24. The van der Waals surface area contributed by atoms with Crippen LogP contribution in [0.4, 0.5) is 0 Å². The molecule has 70 valence electrons. The molecule has 2 aliphatic rings. The lowest BCUT2D eigenvalue weighted by Gasteiger charge is -2.28. The summed E-state index contributed by atoms with van der Waals surface area (Å²) in [5, 5.41) is 3.71. The molecular weight excluding hydrogens is 170 g/mol. The summed E-state index contributed by atoms with van der Waals surface area (Å²) in [6, 6.07) is -0.0322. The summed E-state index contributed by atoms with van der Waals surface area (Å²) in [7, 11) is 0. The maximum Gasteiger partial charge on any atom is 0.306 e. The first-order valence-corrected chi connectivity index (χ1v) is 4.55. The minimum atomic E-state index is -0.143. The molecule has 0 amide bonds. The number of fused-ring (bicyclic) bond motifs is 1. The molecule has 1 aliphatic heterocycles. The summed E-state index contributed by atoms with van der Waals surface area (Å²) in [5.41, 5.74) is 8.34. The van der Waals surface area contributed by atoms with Gasteiger partial charge in [-0.25, -0.2) is 0 Å². The van der Waals surface area contributed by atoms with Crippen LogP contribution in [0.2, 0.25) is 0 Å². The van der Waals surface area contributed by atoms with E-state index < -0.39 is 0 Å². The highest BCUT2D eigenvalue weighted by molar-refractivity contribution is 5.72. The molecule has 0 bridgehead atoms. The van der Waals surface area contributed by atoms with Gasteiger partial charge in [0.25, 0.3) is 0 Å². The van der Waals surface area contributed by atoms with Crippen molar-refractivity contribution < 1.29 is 9.53 Å². The highest BCUT2D eigenvalue weighted by Gasteiger charge is 2.41. The molecule has 1 saturated heterocycles. The third-order valence-corrected chi connectivity index (χ3v) is 2.85. The van der Waals surface area contributed by atoms with E-state index in [2.05, 4.69) is 10.0 Å². The lowest BCUT2D eigenvalue weighted by molar-refractivity contribution is -0.142. The fraction of sp³-hybridized carbons (Fsp3) is 0.875. The predicted octanol–water partition coefficient (Wildman–Crippen LogP) is 1.78. The van der Waals surface area contributed by atoms with Crippen molar-refractivity contribution in [3.05, 3.63) is 10.4 Å². The Morgan fingerprint density at radius 1 is 1.54 bits per heavy atom. The van der Waals surface area contributed by atoms with Crippen LogP contribution in [-0.2, 0) is 9.53 Å². The molecule has 5 nitrogen and oxygen atoms in total. The maximum atomic E-state index is 11.0. The molecule has 0 N–H and O–H groups in total. The SMILES string of the molecule is [N-]=[N+]=N[C@@H]1CCC[C@@H]2OC(=O)C[C@@H]21. The van der Waals surface area contributed by atoms with Gasteiger partial charge in [0.2, 0.25) is 0 Å². The Morgan fingerprint density at radius 3 is 3.15 bits per heavy atom. The van der Waals surface area contributed by atoms with Gasteiger partial charge in [-0.2, -0.15) is 0 Å². The third-order valence-electron chi connectivity index (χ3n) is 2.85. The number of ether oxygens (including phenoxy) is 1. The molecule has 0 radical (unpaired) electrons. The Bertz CT molecular complexity index is 273. The summed E-state index contributed by atoms with van der Waals surface area (Å²) < 4.78 is 5.12. The van der Waals surface area contributed by atoms with Gasteiger partial charge in [-0.3, -0.25) is 4.79 Å². The van der Waals surface area contributed by atoms with Gasteiger partial charge in [0.05, 0.1) is 6.42 Å². The molecule has 0 spiro atoms. The van der Waals surface area contributed by atoms with E-state index in [0.717, 1.165) is 19.3 Å². The van der Waals surface area contributed by atoms with Crippen molar-refractivity contribution in [2.24, 2.45) is 11.0 Å². The van der Waals surface area contributed by atoms with Crippen LogP contribution >= 0.6 is 0 Å². The summed E-state index contributed by atoms with van der Waals surface area (Å²) in [5.74, 6) is -0.00723. The van der Waals surface area contributed by atoms with Crippen molar-refractivity contribution in [2.45, 2.75) is 37.8 Å². The van der Waals surface area contributed by atoms with E-state index in [1.165, 1.54) is 0 Å². The molecule has 3 atom stereocenters. The first-order valence-electron chi connectivity index (χ1n) is 4.55. The second kappa shape index (κ2) is 3.26.